The van der Waals surface area contributed by atoms with Gasteiger partial charge < -0.3 is 9.84 Å². The highest BCUT2D eigenvalue weighted by molar-refractivity contribution is 5.76. The lowest BCUT2D eigenvalue weighted by atomic mass is 9.98. The van der Waals surface area contributed by atoms with Crippen molar-refractivity contribution >= 4 is 11.9 Å². The Labute approximate surface area is 110 Å². The van der Waals surface area contributed by atoms with Gasteiger partial charge in [-0.05, 0) is 25.7 Å². The van der Waals surface area contributed by atoms with Crippen LogP contribution in [0.1, 0.15) is 71.6 Å². The highest BCUT2D eigenvalue weighted by atomic mass is 16.5. The number of hydrogen-bond donors (Lipinski definition) is 1. The van der Waals surface area contributed by atoms with Gasteiger partial charge in [-0.15, -0.1) is 0 Å². The predicted molar refractivity (Wildman–Crippen MR) is 70.4 cm³/mol. The summed E-state index contributed by atoms with van der Waals surface area (Å²) in [5.41, 5.74) is 0. The second-order valence-electron chi connectivity index (χ2n) is 4.64. The van der Waals surface area contributed by atoms with Crippen LogP contribution in [0.5, 0.6) is 0 Å². The van der Waals surface area contributed by atoms with Crippen molar-refractivity contribution in [1.82, 2.24) is 0 Å². The number of unbranched alkanes of at least 4 members (excludes halogenated alkanes) is 1. The van der Waals surface area contributed by atoms with Crippen LogP contribution in [0.3, 0.4) is 0 Å². The Morgan fingerprint density at radius 1 is 1.06 bits per heavy atom. The number of hydrogen-bond acceptors (Lipinski definition) is 3. The molecular formula is C14H26O4. The molecule has 0 aliphatic heterocycles. The van der Waals surface area contributed by atoms with E-state index < -0.39 is 5.97 Å². The fourth-order valence-electron chi connectivity index (χ4n) is 1.64. The molecule has 0 unspecified atom stereocenters. The molecule has 4 nitrogen and oxygen atoms in total. The van der Waals surface area contributed by atoms with Crippen LogP contribution in [0.25, 0.3) is 0 Å². The zero-order valence-electron chi connectivity index (χ0n) is 11.6. The van der Waals surface area contributed by atoms with Gasteiger partial charge in [-0.2, -0.15) is 0 Å². The van der Waals surface area contributed by atoms with E-state index >= 15 is 0 Å². The molecule has 1 fully saturated rings. The molecule has 1 aliphatic rings. The minimum atomic E-state index is -0.953. The number of carbonyl (C=O) groups excluding carboxylic acids is 1. The Balaban J connectivity index is 0.000000631. The van der Waals surface area contributed by atoms with Crippen LogP contribution in [-0.2, 0) is 14.3 Å². The minimum Gasteiger partial charge on any atom is -0.481 e. The Bertz CT molecular complexity index is 230. The molecule has 106 valence electrons. The number of rotatable bonds is 5. The molecule has 0 bridgehead atoms. The fraction of sp³-hybridized carbons (Fsp3) is 0.857. The predicted octanol–water partition coefficient (Wildman–Crippen LogP) is 3.53. The van der Waals surface area contributed by atoms with Crippen LogP contribution in [-0.4, -0.2) is 23.1 Å². The normalized spacial score (nSPS) is 15.4. The molecule has 0 aromatic carbocycles. The largest absolute Gasteiger partial charge is 0.481 e. The summed E-state index contributed by atoms with van der Waals surface area (Å²) in [6, 6.07) is 0. The van der Waals surface area contributed by atoms with E-state index in [-0.39, 0.29) is 24.9 Å². The average Bonchev–Trinajstić information content (AvgIpc) is 2.38. The smallest absolute Gasteiger partial charge is 0.306 e. The standard InChI is InChI=1S/C10H16O4.C4H10/c11-9(12)6-7-10(13)14-8-4-2-1-3-5-8;1-3-4-2/h8H,1-7H2,(H,11,12);3-4H2,1-2H3. The lowest BCUT2D eigenvalue weighted by molar-refractivity contribution is -0.153. The second kappa shape index (κ2) is 11.1. The summed E-state index contributed by atoms with van der Waals surface area (Å²) >= 11 is 0. The van der Waals surface area contributed by atoms with Gasteiger partial charge in [0.2, 0.25) is 0 Å². The Morgan fingerprint density at radius 2 is 1.61 bits per heavy atom. The van der Waals surface area contributed by atoms with Crippen LogP contribution in [0.15, 0.2) is 0 Å². The number of carboxylic acid groups (broad SMARTS) is 1. The second-order valence-corrected chi connectivity index (χ2v) is 4.64. The maximum absolute atomic E-state index is 11.1. The van der Waals surface area contributed by atoms with Gasteiger partial charge in [-0.1, -0.05) is 33.1 Å². The Hall–Kier alpha value is -1.06. The molecule has 0 aromatic rings. The van der Waals surface area contributed by atoms with Gasteiger partial charge in [0.05, 0.1) is 12.8 Å². The third-order valence-electron chi connectivity index (χ3n) is 2.89. The molecule has 1 saturated carbocycles. The highest BCUT2D eigenvalue weighted by Crippen LogP contribution is 2.20. The van der Waals surface area contributed by atoms with Gasteiger partial charge in [0, 0.05) is 0 Å². The summed E-state index contributed by atoms with van der Waals surface area (Å²) in [6.45, 7) is 4.36. The van der Waals surface area contributed by atoms with Crippen molar-refractivity contribution in [2.75, 3.05) is 0 Å². The number of carbonyl (C=O) groups is 2. The molecule has 0 heterocycles. The molecule has 0 amide bonds. The topological polar surface area (TPSA) is 63.6 Å². The number of ether oxygens (including phenoxy) is 1. The molecule has 4 heteroatoms. The van der Waals surface area contributed by atoms with Gasteiger partial charge in [0.1, 0.15) is 6.10 Å². The van der Waals surface area contributed by atoms with E-state index in [1.165, 1.54) is 19.3 Å². The average molecular weight is 258 g/mol. The van der Waals surface area contributed by atoms with Crippen molar-refractivity contribution in [3.8, 4) is 0 Å². The van der Waals surface area contributed by atoms with Crippen LogP contribution >= 0.6 is 0 Å². The lowest BCUT2D eigenvalue weighted by Gasteiger charge is -2.21. The van der Waals surface area contributed by atoms with Crippen LogP contribution < -0.4 is 0 Å². The molecule has 1 aliphatic carbocycles. The van der Waals surface area contributed by atoms with E-state index in [1.54, 1.807) is 0 Å². The van der Waals surface area contributed by atoms with Gasteiger partial charge in [-0.3, -0.25) is 9.59 Å². The fourth-order valence-corrected chi connectivity index (χ4v) is 1.64. The third-order valence-corrected chi connectivity index (χ3v) is 2.89. The molecule has 1 rings (SSSR count). The third kappa shape index (κ3) is 10.1. The van der Waals surface area contributed by atoms with E-state index in [9.17, 15) is 9.59 Å². The summed E-state index contributed by atoms with van der Waals surface area (Å²) < 4.78 is 5.14. The van der Waals surface area contributed by atoms with Crippen LogP contribution in [0.4, 0.5) is 0 Å². The molecule has 0 spiro atoms. The van der Waals surface area contributed by atoms with Crippen molar-refractivity contribution in [1.29, 1.82) is 0 Å². The van der Waals surface area contributed by atoms with Crippen LogP contribution in [0, 0.1) is 0 Å². The van der Waals surface area contributed by atoms with Gasteiger partial charge >= 0.3 is 11.9 Å². The zero-order chi connectivity index (χ0) is 13.8. The first-order valence-electron chi connectivity index (χ1n) is 7.01. The molecule has 18 heavy (non-hydrogen) atoms. The van der Waals surface area contributed by atoms with Crippen molar-refractivity contribution in [2.24, 2.45) is 0 Å². The molecule has 0 aromatic heterocycles. The van der Waals surface area contributed by atoms with Gasteiger partial charge in [-0.25, -0.2) is 0 Å². The maximum Gasteiger partial charge on any atom is 0.306 e. The summed E-state index contributed by atoms with van der Waals surface area (Å²) in [4.78, 5) is 21.3. The summed E-state index contributed by atoms with van der Waals surface area (Å²) in [7, 11) is 0. The molecule has 0 atom stereocenters. The Kier molecular flexibility index (Phi) is 10.4. The first kappa shape index (κ1) is 16.9. The van der Waals surface area contributed by atoms with E-state index in [0.717, 1.165) is 25.7 Å². The SMILES string of the molecule is CCCC.O=C(O)CCC(=O)OC1CCCCC1. The van der Waals surface area contributed by atoms with E-state index in [2.05, 4.69) is 13.8 Å². The highest BCUT2D eigenvalue weighted by Gasteiger charge is 2.17. The monoisotopic (exact) mass is 258 g/mol. The number of carboxylic acids is 1. The molecule has 0 saturated heterocycles. The molecule has 1 N–H and O–H groups in total. The van der Waals surface area contributed by atoms with Crippen molar-refractivity contribution < 1.29 is 19.4 Å². The molecular weight excluding hydrogens is 232 g/mol. The first-order valence-corrected chi connectivity index (χ1v) is 7.01. The Morgan fingerprint density at radius 3 is 2.06 bits per heavy atom. The summed E-state index contributed by atoms with van der Waals surface area (Å²) in [5, 5.41) is 8.36. The van der Waals surface area contributed by atoms with Gasteiger partial charge in [0.25, 0.3) is 0 Å². The zero-order valence-corrected chi connectivity index (χ0v) is 11.6. The van der Waals surface area contributed by atoms with Crippen molar-refractivity contribution in [2.45, 2.75) is 77.7 Å². The van der Waals surface area contributed by atoms with E-state index in [4.69, 9.17) is 9.84 Å². The molecule has 0 radical (unpaired) electrons. The number of esters is 1. The summed E-state index contributed by atoms with van der Waals surface area (Å²) in [6.07, 6.45) is 7.82. The first-order chi connectivity index (χ1) is 8.60. The minimum absolute atomic E-state index is 0.00810. The lowest BCUT2D eigenvalue weighted by Crippen LogP contribution is -2.21. The number of aliphatic carboxylic acids is 1. The van der Waals surface area contributed by atoms with Crippen molar-refractivity contribution in [3.05, 3.63) is 0 Å². The van der Waals surface area contributed by atoms with Crippen LogP contribution in [0.2, 0.25) is 0 Å². The van der Waals surface area contributed by atoms with Gasteiger partial charge in [0.15, 0.2) is 0 Å². The van der Waals surface area contributed by atoms with E-state index in [1.807, 2.05) is 0 Å². The van der Waals surface area contributed by atoms with Crippen molar-refractivity contribution in [3.63, 3.8) is 0 Å². The quantitative estimate of drug-likeness (QED) is 0.766. The summed E-state index contributed by atoms with van der Waals surface area (Å²) in [5.74, 6) is -1.33. The maximum atomic E-state index is 11.1. The van der Waals surface area contributed by atoms with E-state index in [0.29, 0.717) is 0 Å².